The summed E-state index contributed by atoms with van der Waals surface area (Å²) in [5.74, 6) is -0.287. The summed E-state index contributed by atoms with van der Waals surface area (Å²) < 4.78 is 1.19. The number of nitrogens with one attached hydrogen (secondary N) is 2. The van der Waals surface area contributed by atoms with E-state index in [0.717, 1.165) is 0 Å². The van der Waals surface area contributed by atoms with E-state index in [1.54, 1.807) is 24.3 Å². The minimum absolute atomic E-state index is 0.0475. The minimum atomic E-state index is -0.287. The van der Waals surface area contributed by atoms with Gasteiger partial charge < -0.3 is 4.98 Å². The number of aromatic nitrogens is 4. The summed E-state index contributed by atoms with van der Waals surface area (Å²) >= 11 is 0. The first-order chi connectivity index (χ1) is 8.77. The van der Waals surface area contributed by atoms with Crippen molar-refractivity contribution >= 4 is 17.1 Å². The Kier molecular flexibility index (Phi) is 2.26. The third-order valence-corrected chi connectivity index (χ3v) is 2.63. The molecule has 3 rings (SSSR count). The largest absolute Gasteiger partial charge is 0.340 e. The fourth-order valence-electron chi connectivity index (χ4n) is 1.72. The van der Waals surface area contributed by atoms with Crippen molar-refractivity contribution < 1.29 is 4.79 Å². The second kappa shape index (κ2) is 3.92. The molecule has 2 heterocycles. The molecule has 0 bridgehead atoms. The van der Waals surface area contributed by atoms with E-state index in [0.29, 0.717) is 16.7 Å². The molecule has 0 fully saturated rings. The van der Waals surface area contributed by atoms with Crippen LogP contribution in [-0.2, 0) is 0 Å². The first-order valence-electron chi connectivity index (χ1n) is 5.32. The molecule has 2 aromatic heterocycles. The second-order valence-electron chi connectivity index (χ2n) is 3.74. The number of hydrogen-bond acceptors (Lipinski definition) is 4. The van der Waals surface area contributed by atoms with E-state index in [1.165, 1.54) is 17.2 Å². The minimum Gasteiger partial charge on any atom is -0.340 e. The maximum absolute atomic E-state index is 12.2. The number of imidazole rings is 1. The van der Waals surface area contributed by atoms with Crippen molar-refractivity contribution in [3.05, 3.63) is 54.0 Å². The highest BCUT2D eigenvalue weighted by atomic mass is 16.2. The first kappa shape index (κ1) is 10.4. The molecule has 0 saturated heterocycles. The maximum Gasteiger partial charge on any atom is 0.264 e. The standard InChI is InChI=1S/C12H9N5O/c13-10-9-11(15-6-14-9)16-7-17(10)12(18)8-4-2-1-3-5-8/h1-7,13H,(H,14,15). The van der Waals surface area contributed by atoms with Gasteiger partial charge in [0.1, 0.15) is 11.8 Å². The van der Waals surface area contributed by atoms with Crippen LogP contribution >= 0.6 is 0 Å². The van der Waals surface area contributed by atoms with Crippen molar-refractivity contribution in [2.75, 3.05) is 0 Å². The summed E-state index contributed by atoms with van der Waals surface area (Å²) in [7, 11) is 0. The predicted octanol–water partition coefficient (Wildman–Crippen LogP) is 0.927. The maximum atomic E-state index is 12.2. The first-order valence-corrected chi connectivity index (χ1v) is 5.32. The van der Waals surface area contributed by atoms with E-state index in [-0.39, 0.29) is 11.4 Å². The average molecular weight is 239 g/mol. The molecule has 2 N–H and O–H groups in total. The molecule has 3 aromatic rings. The number of nitrogens with zero attached hydrogens (tertiary/aromatic N) is 3. The predicted molar refractivity (Wildman–Crippen MR) is 63.9 cm³/mol. The number of benzene rings is 1. The number of hydrogen-bond donors (Lipinski definition) is 2. The molecule has 0 amide bonds. The Balaban J connectivity index is 2.18. The van der Waals surface area contributed by atoms with Gasteiger partial charge in [-0.05, 0) is 12.1 Å². The monoisotopic (exact) mass is 239 g/mol. The van der Waals surface area contributed by atoms with Crippen LogP contribution in [0, 0.1) is 5.41 Å². The van der Waals surface area contributed by atoms with Gasteiger partial charge in [-0.2, -0.15) is 0 Å². The number of H-pyrrole nitrogens is 1. The Morgan fingerprint density at radius 3 is 2.78 bits per heavy atom. The Labute approximate surface area is 101 Å². The zero-order valence-corrected chi connectivity index (χ0v) is 9.29. The summed E-state index contributed by atoms with van der Waals surface area (Å²) in [5.41, 5.74) is 1.43. The zero-order valence-electron chi connectivity index (χ0n) is 9.29. The van der Waals surface area contributed by atoms with Gasteiger partial charge in [-0.1, -0.05) is 18.2 Å². The third-order valence-electron chi connectivity index (χ3n) is 2.63. The van der Waals surface area contributed by atoms with E-state index < -0.39 is 0 Å². The van der Waals surface area contributed by atoms with Crippen molar-refractivity contribution in [1.82, 2.24) is 19.5 Å². The SMILES string of the molecule is N=c1c2[nH]cnc2ncn1C(=O)c1ccccc1. The van der Waals surface area contributed by atoms with Crippen LogP contribution in [0.5, 0.6) is 0 Å². The highest BCUT2D eigenvalue weighted by molar-refractivity contribution is 5.96. The molecule has 6 heteroatoms. The van der Waals surface area contributed by atoms with Crippen LogP contribution in [0.3, 0.4) is 0 Å². The molecule has 0 aliphatic rings. The highest BCUT2D eigenvalue weighted by Gasteiger charge is 2.11. The Morgan fingerprint density at radius 1 is 1.22 bits per heavy atom. The lowest BCUT2D eigenvalue weighted by molar-refractivity contribution is 0.0954. The Bertz CT molecular complexity index is 772. The smallest absolute Gasteiger partial charge is 0.264 e. The zero-order chi connectivity index (χ0) is 12.5. The van der Waals surface area contributed by atoms with E-state index in [4.69, 9.17) is 5.41 Å². The molecule has 1 aromatic carbocycles. The molecule has 18 heavy (non-hydrogen) atoms. The fourth-order valence-corrected chi connectivity index (χ4v) is 1.72. The van der Waals surface area contributed by atoms with E-state index in [9.17, 15) is 4.79 Å². The molecular formula is C12H9N5O. The average Bonchev–Trinajstić information content (AvgIpc) is 2.89. The van der Waals surface area contributed by atoms with Gasteiger partial charge in [0, 0.05) is 5.56 Å². The summed E-state index contributed by atoms with van der Waals surface area (Å²) in [6.45, 7) is 0. The lowest BCUT2D eigenvalue weighted by Crippen LogP contribution is -2.27. The van der Waals surface area contributed by atoms with Gasteiger partial charge in [0.2, 0.25) is 0 Å². The number of carbonyl (C=O) groups excluding carboxylic acids is 1. The van der Waals surface area contributed by atoms with Crippen LogP contribution in [0.15, 0.2) is 43.0 Å². The summed E-state index contributed by atoms with van der Waals surface area (Å²) in [5, 5.41) is 7.97. The van der Waals surface area contributed by atoms with Crippen molar-refractivity contribution in [2.45, 2.75) is 0 Å². The summed E-state index contributed by atoms with van der Waals surface area (Å²) in [4.78, 5) is 23.0. The van der Waals surface area contributed by atoms with Crippen molar-refractivity contribution in [1.29, 1.82) is 5.41 Å². The quantitative estimate of drug-likeness (QED) is 0.662. The van der Waals surface area contributed by atoms with Crippen LogP contribution in [0.4, 0.5) is 0 Å². The van der Waals surface area contributed by atoms with Crippen LogP contribution in [0.25, 0.3) is 11.2 Å². The topological polar surface area (TPSA) is 87.4 Å². The van der Waals surface area contributed by atoms with Gasteiger partial charge in [-0.15, -0.1) is 0 Å². The normalized spacial score (nSPS) is 10.7. The molecular weight excluding hydrogens is 230 g/mol. The Hall–Kier alpha value is -2.76. The molecule has 0 atom stereocenters. The van der Waals surface area contributed by atoms with Crippen LogP contribution in [-0.4, -0.2) is 25.4 Å². The van der Waals surface area contributed by atoms with Gasteiger partial charge in [-0.25, -0.2) is 14.5 Å². The molecule has 0 unspecified atom stereocenters. The van der Waals surface area contributed by atoms with Gasteiger partial charge in [0.25, 0.3) is 5.91 Å². The van der Waals surface area contributed by atoms with Crippen molar-refractivity contribution in [3.63, 3.8) is 0 Å². The third kappa shape index (κ3) is 1.51. The molecule has 0 spiro atoms. The molecule has 88 valence electrons. The Morgan fingerprint density at radius 2 is 2.00 bits per heavy atom. The van der Waals surface area contributed by atoms with Crippen molar-refractivity contribution in [2.24, 2.45) is 0 Å². The van der Waals surface area contributed by atoms with Crippen LogP contribution < -0.4 is 5.49 Å². The van der Waals surface area contributed by atoms with Gasteiger partial charge >= 0.3 is 0 Å². The molecule has 6 nitrogen and oxygen atoms in total. The van der Waals surface area contributed by atoms with Crippen molar-refractivity contribution in [3.8, 4) is 0 Å². The number of rotatable bonds is 1. The van der Waals surface area contributed by atoms with Gasteiger partial charge in [-0.3, -0.25) is 10.2 Å². The second-order valence-corrected chi connectivity index (χ2v) is 3.74. The lowest BCUT2D eigenvalue weighted by Gasteiger charge is -2.04. The van der Waals surface area contributed by atoms with Gasteiger partial charge in [0.05, 0.1) is 6.33 Å². The highest BCUT2D eigenvalue weighted by Crippen LogP contribution is 2.03. The lowest BCUT2D eigenvalue weighted by atomic mass is 10.2. The fraction of sp³-hybridized carbons (Fsp3) is 0. The number of aromatic amines is 1. The molecule has 0 aliphatic heterocycles. The van der Waals surface area contributed by atoms with Crippen LogP contribution in [0.2, 0.25) is 0 Å². The van der Waals surface area contributed by atoms with Gasteiger partial charge in [0.15, 0.2) is 11.1 Å². The number of fused-ring (bicyclic) bond motifs is 1. The van der Waals surface area contributed by atoms with E-state index in [1.807, 2.05) is 6.07 Å². The molecule has 0 saturated carbocycles. The van der Waals surface area contributed by atoms with Crippen LogP contribution in [0.1, 0.15) is 10.4 Å². The van der Waals surface area contributed by atoms with E-state index >= 15 is 0 Å². The number of carbonyl (C=O) groups is 1. The summed E-state index contributed by atoms with van der Waals surface area (Å²) in [6.07, 6.45) is 2.77. The summed E-state index contributed by atoms with van der Waals surface area (Å²) in [6, 6.07) is 8.79. The molecule has 0 radical (unpaired) electrons. The molecule has 0 aliphatic carbocycles. The van der Waals surface area contributed by atoms with E-state index in [2.05, 4.69) is 15.0 Å².